The van der Waals surface area contributed by atoms with Gasteiger partial charge in [0.05, 0.1) is 35.1 Å². The predicted molar refractivity (Wildman–Crippen MR) is 231 cm³/mol. The zero-order valence-corrected chi connectivity index (χ0v) is 34.4. The molecule has 312 valence electrons. The lowest BCUT2D eigenvalue weighted by Gasteiger charge is -2.20. The summed E-state index contributed by atoms with van der Waals surface area (Å²) in [7, 11) is 5.11. The second-order valence-electron chi connectivity index (χ2n) is 15.6. The smallest absolute Gasteiger partial charge is 0.279 e. The Balaban J connectivity index is 0.833. The monoisotopic (exact) mass is 822 g/mol. The van der Waals surface area contributed by atoms with Crippen molar-refractivity contribution in [2.24, 2.45) is 31.9 Å². The summed E-state index contributed by atoms with van der Waals surface area (Å²) < 4.78 is 12.4. The number of carbonyl (C=O) groups excluding carboxylic acids is 5. The molecule has 2 aliphatic rings. The van der Waals surface area contributed by atoms with Crippen LogP contribution in [0.2, 0.25) is 0 Å². The Kier molecular flexibility index (Phi) is 10.9. The molecule has 2 aliphatic heterocycles. The number of hydrogen-bond donors (Lipinski definition) is 3. The molecule has 8 rings (SSSR count). The lowest BCUT2D eigenvalue weighted by molar-refractivity contribution is -0.116. The Hall–Kier alpha value is -7.33. The van der Waals surface area contributed by atoms with Crippen LogP contribution in [0.25, 0.3) is 10.9 Å². The van der Waals surface area contributed by atoms with Crippen LogP contribution in [0.15, 0.2) is 90.5 Å². The molecule has 0 bridgehead atoms. The summed E-state index contributed by atoms with van der Waals surface area (Å²) in [5, 5.41) is 6.54. The van der Waals surface area contributed by atoms with E-state index in [1.54, 1.807) is 99.6 Å². The highest BCUT2D eigenvalue weighted by Gasteiger charge is 2.34. The Morgan fingerprint density at radius 2 is 1.74 bits per heavy atom. The van der Waals surface area contributed by atoms with Gasteiger partial charge < -0.3 is 39.7 Å². The molecular weight excluding hydrogens is 777 g/mol. The molecule has 1 atom stereocenters. The van der Waals surface area contributed by atoms with Crippen LogP contribution < -0.4 is 21.1 Å². The van der Waals surface area contributed by atoms with E-state index in [4.69, 9.17) is 10.5 Å². The first kappa shape index (κ1) is 40.4. The van der Waals surface area contributed by atoms with Gasteiger partial charge in [-0.15, -0.1) is 0 Å². The fourth-order valence-electron chi connectivity index (χ4n) is 7.88. The number of rotatable bonds is 13. The fraction of sp³-hybridized carbons (Fsp3) is 0.267. The van der Waals surface area contributed by atoms with Crippen LogP contribution in [-0.4, -0.2) is 83.0 Å². The first-order valence-corrected chi connectivity index (χ1v) is 19.9. The van der Waals surface area contributed by atoms with E-state index in [-0.39, 0.29) is 60.6 Å². The summed E-state index contributed by atoms with van der Waals surface area (Å²) in [6, 6.07) is 14.3. The number of anilines is 2. The number of benzene rings is 2. The second kappa shape index (κ2) is 16.4. The van der Waals surface area contributed by atoms with E-state index in [0.29, 0.717) is 65.6 Å². The minimum Gasteiger partial charge on any atom is -0.493 e. The highest BCUT2D eigenvalue weighted by atomic mass is 16.5. The first-order chi connectivity index (χ1) is 29.3. The van der Waals surface area contributed by atoms with Crippen LogP contribution in [0.1, 0.15) is 77.9 Å². The molecule has 1 saturated heterocycles. The van der Waals surface area contributed by atoms with Gasteiger partial charge >= 0.3 is 0 Å². The molecule has 4 aromatic heterocycles. The lowest BCUT2D eigenvalue weighted by Crippen LogP contribution is -2.35. The largest absolute Gasteiger partial charge is 0.493 e. The van der Waals surface area contributed by atoms with Crippen molar-refractivity contribution in [3.05, 3.63) is 125 Å². The number of carbonyl (C=O) groups is 5. The zero-order valence-electron chi connectivity index (χ0n) is 34.4. The van der Waals surface area contributed by atoms with Crippen LogP contribution in [0.3, 0.4) is 0 Å². The van der Waals surface area contributed by atoms with Gasteiger partial charge in [-0.25, -0.2) is 4.98 Å². The van der Waals surface area contributed by atoms with Crippen LogP contribution in [0.4, 0.5) is 17.2 Å². The quantitative estimate of drug-likeness (QED) is 0.0776. The number of nitrogens with two attached hydrogens (primary N) is 1. The van der Waals surface area contributed by atoms with Crippen LogP contribution in [-0.2, 0) is 38.9 Å². The molecule has 4 N–H and O–H groups in total. The van der Waals surface area contributed by atoms with Crippen molar-refractivity contribution in [2.45, 2.75) is 45.2 Å². The van der Waals surface area contributed by atoms with Gasteiger partial charge in [-0.3, -0.25) is 33.5 Å². The molecule has 16 heteroatoms. The molecule has 1 fully saturated rings. The van der Waals surface area contributed by atoms with Crippen molar-refractivity contribution in [3.8, 4) is 5.75 Å². The number of ether oxygens (including phenoxy) is 1. The number of fused-ring (bicyclic) bond motifs is 3. The molecular formula is C45H46N10O6. The minimum atomic E-state index is -0.413. The second-order valence-corrected chi connectivity index (χ2v) is 15.6. The topological polar surface area (TPSA) is 193 Å². The van der Waals surface area contributed by atoms with E-state index in [1.807, 2.05) is 31.2 Å². The molecule has 0 radical (unpaired) electrons. The number of aliphatic imine (C=N–C) groups is 1. The maximum atomic E-state index is 13.6. The maximum Gasteiger partial charge on any atom is 0.279 e. The molecule has 6 aromatic rings. The fourth-order valence-corrected chi connectivity index (χ4v) is 7.88. The molecule has 0 unspecified atom stereocenters. The van der Waals surface area contributed by atoms with E-state index < -0.39 is 5.91 Å². The number of imidazole rings is 1. The SMILES string of the molecule is C=C1C[C@H]2C=Nc3cc(OCCCC(=O)Nc4cn(C)c(C(=O)Cc5cc(C(=O)Nc6cc(C(=O)n7ccc8ccc(CN)cc87)n(C)c6)n(C)c5)n4)c(C)cc3C(=O)N2C1. The predicted octanol–water partition coefficient (Wildman–Crippen LogP) is 5.47. The average molecular weight is 823 g/mol. The first-order valence-electron chi connectivity index (χ1n) is 19.9. The lowest BCUT2D eigenvalue weighted by atomic mass is 10.1. The van der Waals surface area contributed by atoms with E-state index in [1.165, 1.54) is 0 Å². The summed E-state index contributed by atoms with van der Waals surface area (Å²) in [6.07, 6.45) is 9.68. The number of Topliss-reactive ketones (excluding diaryl/α,β-unsaturated/α-hetero) is 1. The molecule has 61 heavy (non-hydrogen) atoms. The number of amides is 3. The van der Waals surface area contributed by atoms with Crippen molar-refractivity contribution in [1.82, 2.24) is 28.2 Å². The van der Waals surface area contributed by atoms with Crippen molar-refractivity contribution >= 4 is 63.7 Å². The summed E-state index contributed by atoms with van der Waals surface area (Å²) in [5.74, 6) is -0.350. The molecule has 0 spiro atoms. The number of hydrogen-bond acceptors (Lipinski definition) is 9. The molecule has 6 heterocycles. The standard InChI is InChI=1S/C45H46N10O6/c1-26-13-32-21-47-34-19-39(27(2)14-33(34)44(59)55(32)22-26)61-12-6-7-41(57)49-40-25-53(5)42(50-40)38(56)17-29-16-36(51(3)23-29)43(58)48-31-18-37(52(4)24-31)45(60)54-11-10-30-9-8-28(20-46)15-35(30)54/h8-11,14-16,18-19,21,23-25,32H,1,6-7,12-13,17,20,22,46H2,2-5H3,(H,48,58)(H,49,57)/t32-/m0/s1. The van der Waals surface area contributed by atoms with Crippen LogP contribution in [0, 0.1) is 6.92 Å². The zero-order chi connectivity index (χ0) is 43.1. The Labute approximate surface area is 351 Å². The number of nitrogens with one attached hydrogen (secondary N) is 2. The summed E-state index contributed by atoms with van der Waals surface area (Å²) in [5.41, 5.74) is 12.1. The summed E-state index contributed by atoms with van der Waals surface area (Å²) in [4.78, 5) is 77.2. The van der Waals surface area contributed by atoms with Crippen LogP contribution in [0.5, 0.6) is 5.75 Å². The molecule has 0 saturated carbocycles. The van der Waals surface area contributed by atoms with Crippen molar-refractivity contribution in [2.75, 3.05) is 23.8 Å². The van der Waals surface area contributed by atoms with Crippen molar-refractivity contribution < 1.29 is 28.7 Å². The van der Waals surface area contributed by atoms with Gasteiger partial charge in [0, 0.05) is 89.5 Å². The highest BCUT2D eigenvalue weighted by molar-refractivity contribution is 6.06. The highest BCUT2D eigenvalue weighted by Crippen LogP contribution is 2.35. The third-order valence-corrected chi connectivity index (χ3v) is 11.0. The summed E-state index contributed by atoms with van der Waals surface area (Å²) in [6.45, 7) is 7.04. The van der Waals surface area contributed by atoms with Crippen molar-refractivity contribution in [3.63, 3.8) is 0 Å². The van der Waals surface area contributed by atoms with Gasteiger partial charge in [0.15, 0.2) is 11.6 Å². The molecule has 16 nitrogen and oxygen atoms in total. The number of aromatic nitrogens is 5. The number of aryl methyl sites for hydroxylation is 4. The van der Waals surface area contributed by atoms with E-state index in [2.05, 4.69) is 27.2 Å². The van der Waals surface area contributed by atoms with Crippen molar-refractivity contribution in [1.29, 1.82) is 0 Å². The Morgan fingerprint density at radius 3 is 2.54 bits per heavy atom. The van der Waals surface area contributed by atoms with Gasteiger partial charge in [-0.1, -0.05) is 24.3 Å². The average Bonchev–Trinajstić information content (AvgIpc) is 4.05. The third-order valence-electron chi connectivity index (χ3n) is 11.0. The summed E-state index contributed by atoms with van der Waals surface area (Å²) >= 11 is 0. The normalized spacial score (nSPS) is 14.6. The van der Waals surface area contributed by atoms with E-state index in [9.17, 15) is 24.0 Å². The number of ketones is 1. The van der Waals surface area contributed by atoms with Gasteiger partial charge in [-0.2, -0.15) is 0 Å². The van der Waals surface area contributed by atoms with Crippen LogP contribution >= 0.6 is 0 Å². The molecule has 3 amide bonds. The Bertz CT molecular complexity index is 2820. The van der Waals surface area contributed by atoms with Gasteiger partial charge in [0.25, 0.3) is 17.7 Å². The van der Waals surface area contributed by atoms with E-state index in [0.717, 1.165) is 27.6 Å². The minimum absolute atomic E-state index is 0.0342. The molecule has 0 aliphatic carbocycles. The van der Waals surface area contributed by atoms with Gasteiger partial charge in [0.1, 0.15) is 17.1 Å². The van der Waals surface area contributed by atoms with Gasteiger partial charge in [-0.05, 0) is 66.8 Å². The molecule has 2 aromatic carbocycles. The van der Waals surface area contributed by atoms with E-state index >= 15 is 0 Å². The third kappa shape index (κ3) is 8.17. The number of nitrogens with zero attached hydrogens (tertiary/aromatic N) is 7. The maximum absolute atomic E-state index is 13.6. The Morgan fingerprint density at radius 1 is 0.934 bits per heavy atom. The van der Waals surface area contributed by atoms with Gasteiger partial charge in [0.2, 0.25) is 11.7 Å².